The molecule has 0 radical (unpaired) electrons. The van der Waals surface area contributed by atoms with E-state index in [9.17, 15) is 4.79 Å². The number of piperidine rings is 1. The maximum atomic E-state index is 13.3. The first-order valence-corrected chi connectivity index (χ1v) is 11.1. The van der Waals surface area contributed by atoms with Crippen LogP contribution in [0.15, 0.2) is 30.3 Å². The van der Waals surface area contributed by atoms with E-state index in [1.165, 1.54) is 12.8 Å². The van der Waals surface area contributed by atoms with Crippen molar-refractivity contribution in [2.75, 3.05) is 19.7 Å². The van der Waals surface area contributed by atoms with Gasteiger partial charge in [0.1, 0.15) is 11.8 Å². The Morgan fingerprint density at radius 3 is 2.37 bits per heavy atom. The Morgan fingerprint density at radius 1 is 1.10 bits per heavy atom. The number of aromatic nitrogens is 2. The summed E-state index contributed by atoms with van der Waals surface area (Å²) in [6.07, 6.45) is 4.07. The van der Waals surface area contributed by atoms with Gasteiger partial charge in [-0.25, -0.2) is 0 Å². The molecule has 0 unspecified atom stereocenters. The van der Waals surface area contributed by atoms with Crippen LogP contribution in [0.2, 0.25) is 0 Å². The van der Waals surface area contributed by atoms with Gasteiger partial charge in [0.25, 0.3) is 5.91 Å². The molecule has 1 aromatic heterocycles. The number of carbonyl (C=O) groups is 1. The Hall–Kier alpha value is -2.50. The van der Waals surface area contributed by atoms with E-state index in [0.717, 1.165) is 30.0 Å². The largest absolute Gasteiger partial charge is 0.490 e. The molecule has 6 heteroatoms. The van der Waals surface area contributed by atoms with Gasteiger partial charge in [-0.2, -0.15) is 5.10 Å². The van der Waals surface area contributed by atoms with Gasteiger partial charge in [0.15, 0.2) is 11.5 Å². The molecule has 0 bridgehead atoms. The zero-order valence-electron chi connectivity index (χ0n) is 18.6. The molecule has 2 aliphatic rings. The van der Waals surface area contributed by atoms with Gasteiger partial charge in [-0.05, 0) is 58.7 Å². The Balaban J connectivity index is 1.42. The molecule has 1 aromatic carbocycles. The first-order valence-electron chi connectivity index (χ1n) is 11.1. The lowest BCUT2D eigenvalue weighted by Gasteiger charge is -2.33. The van der Waals surface area contributed by atoms with Crippen molar-refractivity contribution in [3.05, 3.63) is 41.7 Å². The minimum atomic E-state index is -0.220. The average molecular weight is 412 g/mol. The van der Waals surface area contributed by atoms with Gasteiger partial charge in [0, 0.05) is 31.8 Å². The second-order valence-corrected chi connectivity index (χ2v) is 9.30. The topological polar surface area (TPSA) is 56.6 Å². The van der Waals surface area contributed by atoms with Crippen LogP contribution in [0.5, 0.6) is 11.5 Å². The van der Waals surface area contributed by atoms with Crippen molar-refractivity contribution in [2.45, 2.75) is 70.9 Å². The van der Waals surface area contributed by atoms with Crippen molar-refractivity contribution in [2.24, 2.45) is 0 Å². The van der Waals surface area contributed by atoms with Crippen LogP contribution in [-0.4, -0.2) is 46.4 Å². The molecule has 2 fully saturated rings. The molecule has 1 saturated heterocycles. The number of hydrogen-bond acceptors (Lipinski definition) is 4. The van der Waals surface area contributed by atoms with Crippen LogP contribution >= 0.6 is 0 Å². The molecule has 1 amide bonds. The molecule has 1 aliphatic heterocycles. The average Bonchev–Trinajstić information content (AvgIpc) is 3.47. The first-order chi connectivity index (χ1) is 14.4. The van der Waals surface area contributed by atoms with E-state index in [-0.39, 0.29) is 17.6 Å². The Morgan fingerprint density at radius 2 is 1.77 bits per heavy atom. The van der Waals surface area contributed by atoms with E-state index in [2.05, 4.69) is 20.8 Å². The summed E-state index contributed by atoms with van der Waals surface area (Å²) in [5.74, 6) is 2.17. The van der Waals surface area contributed by atoms with Crippen molar-refractivity contribution in [1.82, 2.24) is 14.7 Å². The van der Waals surface area contributed by atoms with Crippen LogP contribution < -0.4 is 9.47 Å². The fourth-order valence-electron chi connectivity index (χ4n) is 3.98. The van der Waals surface area contributed by atoms with E-state index in [4.69, 9.17) is 14.6 Å². The third kappa shape index (κ3) is 4.47. The van der Waals surface area contributed by atoms with Crippen molar-refractivity contribution in [1.29, 1.82) is 0 Å². The van der Waals surface area contributed by atoms with Crippen molar-refractivity contribution < 1.29 is 14.3 Å². The molecule has 1 aliphatic carbocycles. The summed E-state index contributed by atoms with van der Waals surface area (Å²) in [7, 11) is 0. The maximum absolute atomic E-state index is 13.3. The number of rotatable bonds is 6. The Labute approximate surface area is 179 Å². The smallest absolute Gasteiger partial charge is 0.272 e. The maximum Gasteiger partial charge on any atom is 0.272 e. The number of carbonyl (C=O) groups excluding carboxylic acids is 1. The van der Waals surface area contributed by atoms with E-state index >= 15 is 0 Å². The summed E-state index contributed by atoms with van der Waals surface area (Å²) in [5, 5.41) is 4.79. The van der Waals surface area contributed by atoms with Crippen LogP contribution in [0.25, 0.3) is 0 Å². The van der Waals surface area contributed by atoms with Gasteiger partial charge < -0.3 is 14.4 Å². The van der Waals surface area contributed by atoms with E-state index in [1.807, 2.05) is 46.8 Å². The van der Waals surface area contributed by atoms with Crippen LogP contribution in [0.4, 0.5) is 0 Å². The minimum Gasteiger partial charge on any atom is -0.490 e. The van der Waals surface area contributed by atoms with Gasteiger partial charge >= 0.3 is 0 Å². The van der Waals surface area contributed by atoms with Crippen LogP contribution in [0, 0.1) is 0 Å². The summed E-state index contributed by atoms with van der Waals surface area (Å²) in [6.45, 7) is 10.3. The Bertz CT molecular complexity index is 887. The van der Waals surface area contributed by atoms with E-state index in [1.54, 1.807) is 0 Å². The van der Waals surface area contributed by atoms with Gasteiger partial charge in [-0.3, -0.25) is 9.48 Å². The molecule has 1 saturated carbocycles. The van der Waals surface area contributed by atoms with Crippen molar-refractivity contribution >= 4 is 5.91 Å². The van der Waals surface area contributed by atoms with Crippen molar-refractivity contribution in [3.63, 3.8) is 0 Å². The predicted molar refractivity (Wildman–Crippen MR) is 116 cm³/mol. The number of likely N-dealkylation sites (tertiary alicyclic amines) is 1. The summed E-state index contributed by atoms with van der Waals surface area (Å²) in [5.41, 5.74) is 1.56. The molecule has 2 heterocycles. The number of amides is 1. The third-order valence-corrected chi connectivity index (χ3v) is 5.75. The van der Waals surface area contributed by atoms with Crippen molar-refractivity contribution in [3.8, 4) is 11.5 Å². The highest BCUT2D eigenvalue weighted by Crippen LogP contribution is 2.40. The first kappa shape index (κ1) is 20.8. The second-order valence-electron chi connectivity index (χ2n) is 9.30. The lowest BCUT2D eigenvalue weighted by Crippen LogP contribution is -2.43. The molecule has 30 heavy (non-hydrogen) atoms. The quantitative estimate of drug-likeness (QED) is 0.697. The Kier molecular flexibility index (Phi) is 5.76. The standard InChI is InChI=1S/C24H33N3O3/c1-5-29-21-8-6-7-9-22(21)30-18-12-14-26(15-13-18)23(28)20-16-19(17-10-11-17)25-27(20)24(2,3)4/h6-9,16-18H,5,10-15H2,1-4H3. The number of ether oxygens (including phenoxy) is 2. The van der Waals surface area contributed by atoms with Crippen LogP contribution in [-0.2, 0) is 5.54 Å². The minimum absolute atomic E-state index is 0.0810. The fraction of sp³-hybridized carbons (Fsp3) is 0.583. The number of para-hydroxylation sites is 2. The highest BCUT2D eigenvalue weighted by atomic mass is 16.5. The fourth-order valence-corrected chi connectivity index (χ4v) is 3.98. The zero-order chi connectivity index (χ0) is 21.3. The number of hydrogen-bond donors (Lipinski definition) is 0. The highest BCUT2D eigenvalue weighted by molar-refractivity contribution is 5.93. The van der Waals surface area contributed by atoms with Gasteiger partial charge in [0.05, 0.1) is 17.8 Å². The van der Waals surface area contributed by atoms with Gasteiger partial charge in [0.2, 0.25) is 0 Å². The summed E-state index contributed by atoms with van der Waals surface area (Å²) < 4.78 is 13.8. The molecule has 4 rings (SSSR count). The SMILES string of the molecule is CCOc1ccccc1OC1CCN(C(=O)c2cc(C3CC3)nn2C(C)(C)C)CC1. The lowest BCUT2D eigenvalue weighted by molar-refractivity contribution is 0.0571. The molecular formula is C24H33N3O3. The monoisotopic (exact) mass is 411 g/mol. The van der Waals surface area contributed by atoms with Crippen LogP contribution in [0.3, 0.4) is 0 Å². The molecule has 6 nitrogen and oxygen atoms in total. The van der Waals surface area contributed by atoms with Gasteiger partial charge in [-0.1, -0.05) is 12.1 Å². The molecular weight excluding hydrogens is 378 g/mol. The normalized spacial score (nSPS) is 17.8. The highest BCUT2D eigenvalue weighted by Gasteiger charge is 2.34. The lowest BCUT2D eigenvalue weighted by atomic mass is 10.1. The van der Waals surface area contributed by atoms with Crippen LogP contribution in [0.1, 0.15) is 75.5 Å². The molecule has 0 N–H and O–H groups in total. The third-order valence-electron chi connectivity index (χ3n) is 5.75. The molecule has 2 aromatic rings. The molecule has 0 spiro atoms. The summed E-state index contributed by atoms with van der Waals surface area (Å²) in [4.78, 5) is 15.3. The summed E-state index contributed by atoms with van der Waals surface area (Å²) >= 11 is 0. The molecule has 162 valence electrons. The molecule has 0 atom stereocenters. The zero-order valence-corrected chi connectivity index (χ0v) is 18.6. The summed E-state index contributed by atoms with van der Waals surface area (Å²) in [6, 6.07) is 9.81. The number of nitrogens with zero attached hydrogens (tertiary/aromatic N) is 3. The van der Waals surface area contributed by atoms with Gasteiger partial charge in [-0.15, -0.1) is 0 Å². The predicted octanol–water partition coefficient (Wildman–Crippen LogP) is 4.60. The number of benzene rings is 1. The van der Waals surface area contributed by atoms with E-state index in [0.29, 0.717) is 31.3 Å². The van der Waals surface area contributed by atoms with E-state index < -0.39 is 0 Å². The second kappa shape index (κ2) is 8.32.